The summed E-state index contributed by atoms with van der Waals surface area (Å²) in [5.41, 5.74) is 3.16. The molecule has 1 aromatic carbocycles. The number of rotatable bonds is 4. The van der Waals surface area contributed by atoms with Crippen LogP contribution >= 0.6 is 34.7 Å². The lowest BCUT2D eigenvalue weighted by Gasteiger charge is -2.39. The van der Waals surface area contributed by atoms with Crippen molar-refractivity contribution in [2.24, 2.45) is 10.8 Å². The molecule has 2 aliphatic carbocycles. The molecule has 5 nitrogen and oxygen atoms in total. The number of carbonyl (C=O) groups excluding carboxylic acids is 1. The molecule has 0 N–H and O–H groups in total. The number of nitrogens with zero attached hydrogens (tertiary/aromatic N) is 3. The molecule has 3 aromatic rings. The van der Waals surface area contributed by atoms with Gasteiger partial charge in [0.1, 0.15) is 4.83 Å². The van der Waals surface area contributed by atoms with Gasteiger partial charge in [-0.2, -0.15) is 0 Å². The Hall–Kier alpha value is -1.83. The van der Waals surface area contributed by atoms with Crippen LogP contribution in [-0.2, 0) is 17.6 Å². The first-order valence-electron chi connectivity index (χ1n) is 13.3. The first kappa shape index (κ1) is 25.4. The Balaban J connectivity index is 1.38. The SMILES string of the molecule is Cc1c(Cl)cccc1-n1c(SCC(=O)N2C[C@]3(C)C[C@@H]2CC(C)(C)C3)nc2sc3c(c2c1=O)CCCC3. The first-order chi connectivity index (χ1) is 17.6. The Labute approximate surface area is 231 Å². The second-order valence-electron chi connectivity index (χ2n) is 12.3. The van der Waals surface area contributed by atoms with Gasteiger partial charge in [-0.05, 0) is 86.0 Å². The Bertz CT molecular complexity index is 1480. The predicted molar refractivity (Wildman–Crippen MR) is 154 cm³/mol. The summed E-state index contributed by atoms with van der Waals surface area (Å²) in [6.07, 6.45) is 7.49. The van der Waals surface area contributed by atoms with E-state index in [-0.39, 0.29) is 28.0 Å². The molecule has 2 atom stereocenters. The molecule has 3 aliphatic rings. The third-order valence-corrected chi connectivity index (χ3v) is 11.0. The van der Waals surface area contributed by atoms with Gasteiger partial charge in [-0.25, -0.2) is 4.98 Å². The van der Waals surface area contributed by atoms with Gasteiger partial charge in [-0.15, -0.1) is 11.3 Å². The summed E-state index contributed by atoms with van der Waals surface area (Å²) < 4.78 is 1.70. The molecule has 0 spiro atoms. The second kappa shape index (κ2) is 9.13. The van der Waals surface area contributed by atoms with Crippen molar-refractivity contribution in [1.29, 1.82) is 0 Å². The van der Waals surface area contributed by atoms with Crippen molar-refractivity contribution in [3.63, 3.8) is 0 Å². The number of aromatic nitrogens is 2. The van der Waals surface area contributed by atoms with Crippen LogP contribution in [0.2, 0.25) is 5.02 Å². The van der Waals surface area contributed by atoms with E-state index in [1.807, 2.05) is 25.1 Å². The van der Waals surface area contributed by atoms with Crippen LogP contribution in [0.15, 0.2) is 28.2 Å². The normalized spacial score (nSPS) is 24.5. The molecule has 0 radical (unpaired) electrons. The number of thioether (sulfide) groups is 1. The molecule has 1 saturated heterocycles. The fraction of sp³-hybridized carbons (Fsp3) is 0.552. The van der Waals surface area contributed by atoms with Crippen molar-refractivity contribution in [3.8, 4) is 5.69 Å². The van der Waals surface area contributed by atoms with Gasteiger partial charge >= 0.3 is 0 Å². The monoisotopic (exact) mass is 555 g/mol. The molecule has 1 aliphatic heterocycles. The molecule has 2 fully saturated rings. The summed E-state index contributed by atoms with van der Waals surface area (Å²) in [5.74, 6) is 0.418. The maximum atomic E-state index is 14.1. The Kier molecular flexibility index (Phi) is 6.28. The van der Waals surface area contributed by atoms with E-state index in [4.69, 9.17) is 16.6 Å². The Morgan fingerprint density at radius 2 is 2.00 bits per heavy atom. The van der Waals surface area contributed by atoms with Gasteiger partial charge in [0.25, 0.3) is 5.56 Å². The smallest absolute Gasteiger partial charge is 0.267 e. The number of halogens is 1. The fourth-order valence-electron chi connectivity index (χ4n) is 7.29. The zero-order valence-corrected chi connectivity index (χ0v) is 24.4. The number of hydrogen-bond donors (Lipinski definition) is 0. The highest BCUT2D eigenvalue weighted by atomic mass is 35.5. The predicted octanol–water partition coefficient (Wildman–Crippen LogP) is 6.81. The summed E-state index contributed by atoms with van der Waals surface area (Å²) in [7, 11) is 0. The van der Waals surface area contributed by atoms with Gasteiger partial charge < -0.3 is 4.90 Å². The van der Waals surface area contributed by atoms with Crippen LogP contribution in [-0.4, -0.2) is 38.7 Å². The number of fused-ring (bicyclic) bond motifs is 5. The van der Waals surface area contributed by atoms with Crippen LogP contribution in [0.3, 0.4) is 0 Å². The number of benzene rings is 1. The van der Waals surface area contributed by atoms with Crippen LogP contribution < -0.4 is 5.56 Å². The van der Waals surface area contributed by atoms with E-state index in [0.717, 1.165) is 73.0 Å². The molecule has 1 saturated carbocycles. The van der Waals surface area contributed by atoms with Crippen molar-refractivity contribution in [2.75, 3.05) is 12.3 Å². The van der Waals surface area contributed by atoms with E-state index in [0.29, 0.717) is 16.2 Å². The zero-order valence-electron chi connectivity index (χ0n) is 22.0. The maximum absolute atomic E-state index is 14.1. The standard InChI is InChI=1S/C29H34ClN3O2S2/c1-17-20(30)9-7-10-21(17)33-26(35)24-19-8-5-6-11-22(19)37-25(24)31-27(33)36-14-23(34)32-16-29(4)13-18(32)12-28(2,3)15-29/h7,9-10,18H,5-6,8,11-16H2,1-4H3/t18-,29+/m0/s1. The molecule has 3 heterocycles. The number of likely N-dealkylation sites (tertiary alicyclic amines) is 1. The van der Waals surface area contributed by atoms with E-state index >= 15 is 0 Å². The van der Waals surface area contributed by atoms with Crippen molar-refractivity contribution in [1.82, 2.24) is 14.5 Å². The van der Waals surface area contributed by atoms with Crippen molar-refractivity contribution in [3.05, 3.63) is 49.6 Å². The Morgan fingerprint density at radius 3 is 2.81 bits per heavy atom. The summed E-state index contributed by atoms with van der Waals surface area (Å²) in [6, 6.07) is 5.94. The van der Waals surface area contributed by atoms with E-state index in [1.165, 1.54) is 22.2 Å². The number of amides is 1. The van der Waals surface area contributed by atoms with Gasteiger partial charge in [-0.3, -0.25) is 14.2 Å². The molecule has 2 bridgehead atoms. The van der Waals surface area contributed by atoms with Crippen LogP contribution in [0, 0.1) is 17.8 Å². The van der Waals surface area contributed by atoms with Crippen LogP contribution in [0.5, 0.6) is 0 Å². The summed E-state index contributed by atoms with van der Waals surface area (Å²) in [6.45, 7) is 9.74. The van der Waals surface area contributed by atoms with Crippen molar-refractivity contribution in [2.45, 2.75) is 83.8 Å². The lowest BCUT2D eigenvalue weighted by Crippen LogP contribution is -2.38. The van der Waals surface area contributed by atoms with Crippen LogP contribution in [0.1, 0.15) is 68.9 Å². The third-order valence-electron chi connectivity index (χ3n) is 8.50. The lowest BCUT2D eigenvalue weighted by molar-refractivity contribution is -0.129. The summed E-state index contributed by atoms with van der Waals surface area (Å²) >= 11 is 9.52. The number of thiophene rings is 1. The Morgan fingerprint density at radius 1 is 1.22 bits per heavy atom. The van der Waals surface area contributed by atoms with E-state index < -0.39 is 0 Å². The number of carbonyl (C=O) groups is 1. The molecule has 2 aromatic heterocycles. The minimum atomic E-state index is -0.0454. The third kappa shape index (κ3) is 4.45. The minimum absolute atomic E-state index is 0.0454. The van der Waals surface area contributed by atoms with Crippen LogP contribution in [0.4, 0.5) is 0 Å². The average molecular weight is 556 g/mol. The van der Waals surface area contributed by atoms with Gasteiger partial charge in [-0.1, -0.05) is 50.2 Å². The fourth-order valence-corrected chi connectivity index (χ4v) is 9.66. The molecule has 37 heavy (non-hydrogen) atoms. The maximum Gasteiger partial charge on any atom is 0.267 e. The largest absolute Gasteiger partial charge is 0.338 e. The molecule has 0 unspecified atom stereocenters. The van der Waals surface area contributed by atoms with Gasteiger partial charge in [0.15, 0.2) is 5.16 Å². The molecule has 6 rings (SSSR count). The molecular formula is C29H34ClN3O2S2. The number of aryl methyl sites for hydroxylation is 2. The van der Waals surface area contributed by atoms with Gasteiger partial charge in [0.05, 0.1) is 16.8 Å². The van der Waals surface area contributed by atoms with Crippen molar-refractivity contribution < 1.29 is 4.79 Å². The van der Waals surface area contributed by atoms with E-state index in [9.17, 15) is 9.59 Å². The lowest BCUT2D eigenvalue weighted by atomic mass is 9.65. The van der Waals surface area contributed by atoms with E-state index in [1.54, 1.807) is 15.9 Å². The number of hydrogen-bond acceptors (Lipinski definition) is 5. The molecule has 196 valence electrons. The average Bonchev–Trinajstić information content (AvgIpc) is 3.32. The highest BCUT2D eigenvalue weighted by Crippen LogP contribution is 2.52. The van der Waals surface area contributed by atoms with Crippen LogP contribution in [0.25, 0.3) is 15.9 Å². The molecule has 8 heteroatoms. The molecule has 1 amide bonds. The van der Waals surface area contributed by atoms with Gasteiger partial charge in [0.2, 0.25) is 5.91 Å². The topological polar surface area (TPSA) is 55.2 Å². The highest BCUT2D eigenvalue weighted by molar-refractivity contribution is 7.99. The zero-order chi connectivity index (χ0) is 26.1. The highest BCUT2D eigenvalue weighted by Gasteiger charge is 2.50. The second-order valence-corrected chi connectivity index (χ2v) is 14.8. The van der Waals surface area contributed by atoms with E-state index in [2.05, 4.69) is 25.7 Å². The summed E-state index contributed by atoms with van der Waals surface area (Å²) in [4.78, 5) is 36.9. The quantitative estimate of drug-likeness (QED) is 0.262. The summed E-state index contributed by atoms with van der Waals surface area (Å²) in [5, 5.41) is 1.94. The minimum Gasteiger partial charge on any atom is -0.338 e. The molecular weight excluding hydrogens is 522 g/mol. The van der Waals surface area contributed by atoms with Gasteiger partial charge in [0, 0.05) is 22.5 Å². The first-order valence-corrected chi connectivity index (χ1v) is 15.5. The van der Waals surface area contributed by atoms with Crippen molar-refractivity contribution >= 4 is 50.8 Å².